The Morgan fingerprint density at radius 1 is 1.35 bits per heavy atom. The van der Waals surface area contributed by atoms with Crippen molar-refractivity contribution in [3.8, 4) is 0 Å². The van der Waals surface area contributed by atoms with E-state index in [2.05, 4.69) is 0 Å². The van der Waals surface area contributed by atoms with Crippen molar-refractivity contribution in [2.75, 3.05) is 6.61 Å². The largest absolute Gasteiger partial charge is 0.464 e. The Hall–Kier alpha value is -1.79. The maximum Gasteiger partial charge on any atom is 0.417 e. The Labute approximate surface area is 114 Å². The van der Waals surface area contributed by atoms with Crippen molar-refractivity contribution >= 4 is 5.97 Å². The summed E-state index contributed by atoms with van der Waals surface area (Å²) in [6, 6.07) is 0.456. The Morgan fingerprint density at radius 3 is 2.50 bits per heavy atom. The molecule has 0 saturated heterocycles. The van der Waals surface area contributed by atoms with E-state index in [1.807, 2.05) is 0 Å². The van der Waals surface area contributed by atoms with Gasteiger partial charge in [0, 0.05) is 12.3 Å². The first-order valence-electron chi connectivity index (χ1n) is 6.27. The van der Waals surface area contributed by atoms with Crippen molar-refractivity contribution in [1.29, 1.82) is 0 Å². The lowest BCUT2D eigenvalue weighted by molar-refractivity contribution is -0.148. The second-order valence-corrected chi connectivity index (χ2v) is 4.25. The molecule has 1 atom stereocenters. The quantitative estimate of drug-likeness (QED) is 0.784. The predicted molar refractivity (Wildman–Crippen MR) is 66.3 cm³/mol. The van der Waals surface area contributed by atoms with E-state index in [0.29, 0.717) is 18.7 Å². The van der Waals surface area contributed by atoms with Crippen molar-refractivity contribution in [2.24, 2.45) is 0 Å². The van der Waals surface area contributed by atoms with Gasteiger partial charge in [0.15, 0.2) is 0 Å². The van der Waals surface area contributed by atoms with E-state index in [4.69, 9.17) is 4.74 Å². The predicted octanol–water partition coefficient (Wildman–Crippen LogP) is 2.77. The van der Waals surface area contributed by atoms with Gasteiger partial charge in [-0.25, -0.2) is 4.79 Å². The number of nitrogens with zero attached hydrogens (tertiary/aromatic N) is 1. The monoisotopic (exact) mass is 291 g/mol. The van der Waals surface area contributed by atoms with Crippen LogP contribution in [0.5, 0.6) is 0 Å². The third-order valence-corrected chi connectivity index (χ3v) is 2.71. The highest BCUT2D eigenvalue weighted by Gasteiger charge is 2.32. The average molecular weight is 291 g/mol. The molecule has 1 rings (SSSR count). The number of ether oxygens (including phenoxy) is 1. The fourth-order valence-electron chi connectivity index (χ4n) is 1.69. The Balaban J connectivity index is 3.15. The molecule has 7 heteroatoms. The van der Waals surface area contributed by atoms with Crippen LogP contribution in [0.4, 0.5) is 13.2 Å². The molecule has 1 aromatic rings. The lowest BCUT2D eigenvalue weighted by Gasteiger charge is -2.18. The fraction of sp³-hybridized carbons (Fsp3) is 0.538. The fourth-order valence-corrected chi connectivity index (χ4v) is 1.69. The van der Waals surface area contributed by atoms with Gasteiger partial charge in [-0.3, -0.25) is 4.79 Å². The molecule has 0 saturated carbocycles. The summed E-state index contributed by atoms with van der Waals surface area (Å²) in [6.45, 7) is 3.57. The molecule has 20 heavy (non-hydrogen) atoms. The van der Waals surface area contributed by atoms with Crippen LogP contribution in [0.1, 0.15) is 38.3 Å². The zero-order chi connectivity index (χ0) is 15.3. The van der Waals surface area contributed by atoms with Crippen LogP contribution in [0.3, 0.4) is 0 Å². The molecule has 0 aliphatic carbocycles. The summed E-state index contributed by atoms with van der Waals surface area (Å²) in [5.41, 5.74) is -1.64. The van der Waals surface area contributed by atoms with Gasteiger partial charge in [-0.05, 0) is 18.9 Å². The molecule has 112 valence electrons. The highest BCUT2D eigenvalue weighted by Crippen LogP contribution is 2.28. The van der Waals surface area contributed by atoms with Gasteiger partial charge in [0.05, 0.1) is 12.2 Å². The van der Waals surface area contributed by atoms with Crippen LogP contribution in [0, 0.1) is 0 Å². The van der Waals surface area contributed by atoms with Gasteiger partial charge >= 0.3 is 12.1 Å². The lowest BCUT2D eigenvalue weighted by atomic mass is 10.2. The molecule has 0 radical (unpaired) electrons. The molecule has 0 amide bonds. The summed E-state index contributed by atoms with van der Waals surface area (Å²) in [4.78, 5) is 23.4. The van der Waals surface area contributed by atoms with E-state index >= 15 is 0 Å². The number of rotatable bonds is 5. The van der Waals surface area contributed by atoms with Gasteiger partial charge in [0.1, 0.15) is 6.04 Å². The summed E-state index contributed by atoms with van der Waals surface area (Å²) in [7, 11) is 0. The molecule has 0 aromatic carbocycles. The first-order chi connectivity index (χ1) is 9.31. The number of pyridine rings is 1. The second-order valence-electron chi connectivity index (χ2n) is 4.25. The number of esters is 1. The Morgan fingerprint density at radius 2 is 2.00 bits per heavy atom. The van der Waals surface area contributed by atoms with Gasteiger partial charge in [-0.2, -0.15) is 13.2 Å². The van der Waals surface area contributed by atoms with Gasteiger partial charge in [0.2, 0.25) is 0 Å². The van der Waals surface area contributed by atoms with Crippen molar-refractivity contribution in [3.05, 3.63) is 34.2 Å². The molecule has 1 unspecified atom stereocenters. The maximum absolute atomic E-state index is 12.6. The van der Waals surface area contributed by atoms with Crippen LogP contribution >= 0.6 is 0 Å². The number of hydrogen-bond acceptors (Lipinski definition) is 3. The first kappa shape index (κ1) is 16.3. The Bertz CT molecular complexity index is 522. The van der Waals surface area contributed by atoms with Crippen LogP contribution in [0.25, 0.3) is 0 Å². The third kappa shape index (κ3) is 3.85. The van der Waals surface area contributed by atoms with E-state index in [-0.39, 0.29) is 13.0 Å². The molecule has 0 N–H and O–H groups in total. The van der Waals surface area contributed by atoms with Crippen LogP contribution in [-0.4, -0.2) is 17.1 Å². The molecule has 0 spiro atoms. The SMILES string of the molecule is CCCOC(=O)C(CC)n1cc(C(F)(F)F)ccc1=O. The lowest BCUT2D eigenvalue weighted by Crippen LogP contribution is -2.31. The topological polar surface area (TPSA) is 48.3 Å². The summed E-state index contributed by atoms with van der Waals surface area (Å²) in [6.07, 6.45) is -3.14. The molecule has 1 heterocycles. The molecule has 0 fully saturated rings. The van der Waals surface area contributed by atoms with Crippen LogP contribution < -0.4 is 5.56 Å². The minimum absolute atomic E-state index is 0.170. The Kier molecular flexibility index (Phi) is 5.35. The number of hydrogen-bond donors (Lipinski definition) is 0. The maximum atomic E-state index is 12.6. The van der Waals surface area contributed by atoms with Gasteiger partial charge in [0.25, 0.3) is 5.56 Å². The van der Waals surface area contributed by atoms with Crippen molar-refractivity contribution in [3.63, 3.8) is 0 Å². The minimum Gasteiger partial charge on any atom is -0.464 e. The van der Waals surface area contributed by atoms with Crippen LogP contribution in [-0.2, 0) is 15.7 Å². The molecule has 0 bridgehead atoms. The van der Waals surface area contributed by atoms with Gasteiger partial charge in [-0.1, -0.05) is 13.8 Å². The van der Waals surface area contributed by atoms with Crippen LogP contribution in [0.15, 0.2) is 23.1 Å². The number of alkyl halides is 3. The van der Waals surface area contributed by atoms with Gasteiger partial charge < -0.3 is 9.30 Å². The highest BCUT2D eigenvalue weighted by atomic mass is 19.4. The normalized spacial score (nSPS) is 13.1. The highest BCUT2D eigenvalue weighted by molar-refractivity contribution is 5.74. The summed E-state index contributed by atoms with van der Waals surface area (Å²) >= 11 is 0. The summed E-state index contributed by atoms with van der Waals surface area (Å²) < 4.78 is 43.6. The zero-order valence-electron chi connectivity index (χ0n) is 11.2. The minimum atomic E-state index is -4.57. The van der Waals surface area contributed by atoms with E-state index < -0.39 is 29.3 Å². The van der Waals surface area contributed by atoms with Gasteiger partial charge in [-0.15, -0.1) is 0 Å². The van der Waals surface area contributed by atoms with Crippen molar-refractivity contribution in [2.45, 2.75) is 38.9 Å². The smallest absolute Gasteiger partial charge is 0.417 e. The third-order valence-electron chi connectivity index (χ3n) is 2.71. The molecule has 0 aliphatic heterocycles. The standard InChI is InChI=1S/C13H16F3NO3/c1-3-7-20-12(19)10(4-2)17-8-9(13(14,15)16)5-6-11(17)18/h5-6,8,10H,3-4,7H2,1-2H3. The van der Waals surface area contributed by atoms with Crippen molar-refractivity contribution in [1.82, 2.24) is 4.57 Å². The summed E-state index contributed by atoms with van der Waals surface area (Å²) in [5, 5.41) is 0. The number of halogens is 3. The van der Waals surface area contributed by atoms with E-state index in [9.17, 15) is 22.8 Å². The number of aromatic nitrogens is 1. The summed E-state index contributed by atoms with van der Waals surface area (Å²) in [5.74, 6) is -0.698. The van der Waals surface area contributed by atoms with E-state index in [1.165, 1.54) is 0 Å². The van der Waals surface area contributed by atoms with E-state index in [1.54, 1.807) is 13.8 Å². The first-order valence-corrected chi connectivity index (χ1v) is 6.27. The molecular formula is C13H16F3NO3. The zero-order valence-corrected chi connectivity index (χ0v) is 11.2. The molecule has 4 nitrogen and oxygen atoms in total. The average Bonchev–Trinajstić information content (AvgIpc) is 2.38. The second kappa shape index (κ2) is 6.58. The van der Waals surface area contributed by atoms with E-state index in [0.717, 1.165) is 10.6 Å². The number of carbonyl (C=O) groups excluding carboxylic acids is 1. The van der Waals surface area contributed by atoms with Crippen molar-refractivity contribution < 1.29 is 22.7 Å². The van der Waals surface area contributed by atoms with Crippen LogP contribution in [0.2, 0.25) is 0 Å². The number of carbonyl (C=O) groups is 1. The molecule has 0 aliphatic rings. The molecule has 1 aromatic heterocycles. The molecular weight excluding hydrogens is 275 g/mol.